The first kappa shape index (κ1) is 18.0. The van der Waals surface area contributed by atoms with Gasteiger partial charge in [-0.3, -0.25) is 0 Å². The minimum absolute atomic E-state index is 1.23. The van der Waals surface area contributed by atoms with Gasteiger partial charge >= 0.3 is 0 Å². The van der Waals surface area contributed by atoms with Gasteiger partial charge in [-0.05, 0) is 25.7 Å². The molecule has 0 bridgehead atoms. The minimum Gasteiger partial charge on any atom is -0.0845 e. The second-order valence-corrected chi connectivity index (χ2v) is 6.09. The molecule has 0 heterocycles. The molecule has 118 valence electrons. The van der Waals surface area contributed by atoms with Crippen LogP contribution < -0.4 is 0 Å². The molecule has 0 nitrogen and oxygen atoms in total. The Kier molecular flexibility index (Phi) is 13.2. The van der Waals surface area contributed by atoms with E-state index in [9.17, 15) is 0 Å². The zero-order chi connectivity index (χ0) is 14.8. The molecule has 1 aliphatic rings. The van der Waals surface area contributed by atoms with E-state index in [0.29, 0.717) is 0 Å². The van der Waals surface area contributed by atoms with E-state index in [1.807, 2.05) is 0 Å². The van der Waals surface area contributed by atoms with Gasteiger partial charge in [0.25, 0.3) is 0 Å². The average molecular weight is 287 g/mol. The summed E-state index contributed by atoms with van der Waals surface area (Å²) in [5, 5.41) is 0. The third kappa shape index (κ3) is 13.7. The lowest BCUT2D eigenvalue weighted by Gasteiger charge is -2.02. The summed E-state index contributed by atoms with van der Waals surface area (Å²) < 4.78 is 0. The number of hydrogen-bond acceptors (Lipinski definition) is 0. The fourth-order valence-electron chi connectivity index (χ4n) is 2.72. The molecule has 0 saturated heterocycles. The van der Waals surface area contributed by atoms with Gasteiger partial charge in [-0.25, -0.2) is 0 Å². The van der Waals surface area contributed by atoms with E-state index in [0.717, 1.165) is 0 Å². The molecule has 0 N–H and O–H groups in total. The Morgan fingerprint density at radius 2 is 0.571 bits per heavy atom. The normalized spacial score (nSPS) is 25.5. The van der Waals surface area contributed by atoms with E-state index in [1.54, 1.807) is 0 Å². The standard InChI is InChI=1S/C21H34/c1-2-4-6-8-10-12-14-16-18-20-21-19-17-15-13-11-9-7-5-3-1/h1-8H,9-21H2/b3-1-,4-2+,7-5-,8-6?. The third-order valence-corrected chi connectivity index (χ3v) is 4.07. The summed E-state index contributed by atoms with van der Waals surface area (Å²) in [7, 11) is 0. The second kappa shape index (κ2) is 15.4. The summed E-state index contributed by atoms with van der Waals surface area (Å²) in [6.45, 7) is 0. The molecule has 0 aliphatic heterocycles. The Hall–Kier alpha value is -1.04. The molecule has 0 fully saturated rings. The summed E-state index contributed by atoms with van der Waals surface area (Å²) in [5.74, 6) is 0. The Balaban J connectivity index is 2.23. The lowest BCUT2D eigenvalue weighted by molar-refractivity contribution is 0.547. The van der Waals surface area contributed by atoms with Crippen molar-refractivity contribution in [2.75, 3.05) is 0 Å². The van der Waals surface area contributed by atoms with Crippen molar-refractivity contribution in [2.45, 2.75) is 83.5 Å². The van der Waals surface area contributed by atoms with E-state index >= 15 is 0 Å². The van der Waals surface area contributed by atoms with Gasteiger partial charge < -0.3 is 0 Å². The maximum atomic E-state index is 2.29. The molecule has 0 atom stereocenters. The monoisotopic (exact) mass is 286 g/mol. The van der Waals surface area contributed by atoms with Gasteiger partial charge in [-0.2, -0.15) is 0 Å². The molecule has 1 rings (SSSR count). The van der Waals surface area contributed by atoms with Gasteiger partial charge in [-0.1, -0.05) is 106 Å². The molecule has 0 aromatic rings. The van der Waals surface area contributed by atoms with Gasteiger partial charge in [0.1, 0.15) is 0 Å². The predicted octanol–water partition coefficient (Wildman–Crippen LogP) is 7.30. The summed E-state index contributed by atoms with van der Waals surface area (Å²) in [6, 6.07) is 0. The first-order valence-corrected chi connectivity index (χ1v) is 9.15. The first-order chi connectivity index (χ1) is 10.5. The van der Waals surface area contributed by atoms with Crippen molar-refractivity contribution >= 4 is 0 Å². The zero-order valence-electron chi connectivity index (χ0n) is 13.8. The Bertz CT molecular complexity index is 285. The molecule has 0 aromatic carbocycles. The quantitative estimate of drug-likeness (QED) is 0.438. The largest absolute Gasteiger partial charge is 0.0845 e. The van der Waals surface area contributed by atoms with Crippen LogP contribution in [0.15, 0.2) is 48.6 Å². The van der Waals surface area contributed by atoms with Gasteiger partial charge in [0.15, 0.2) is 0 Å². The predicted molar refractivity (Wildman–Crippen MR) is 96.6 cm³/mol. The summed E-state index contributed by atoms with van der Waals surface area (Å²) in [5.41, 5.74) is 0. The maximum absolute atomic E-state index is 2.29. The fourth-order valence-corrected chi connectivity index (χ4v) is 2.72. The zero-order valence-corrected chi connectivity index (χ0v) is 13.8. The second-order valence-electron chi connectivity index (χ2n) is 6.09. The van der Waals surface area contributed by atoms with E-state index in [2.05, 4.69) is 48.6 Å². The van der Waals surface area contributed by atoms with Crippen molar-refractivity contribution in [1.82, 2.24) is 0 Å². The lowest BCUT2D eigenvalue weighted by Crippen LogP contribution is -1.82. The molecule has 0 spiro atoms. The van der Waals surface area contributed by atoms with Gasteiger partial charge in [-0.15, -0.1) is 0 Å². The van der Waals surface area contributed by atoms with E-state index in [4.69, 9.17) is 0 Å². The van der Waals surface area contributed by atoms with Crippen molar-refractivity contribution < 1.29 is 0 Å². The van der Waals surface area contributed by atoms with Crippen LogP contribution in [0.2, 0.25) is 0 Å². The first-order valence-electron chi connectivity index (χ1n) is 9.15. The molecule has 0 amide bonds. The molecular weight excluding hydrogens is 252 g/mol. The fraction of sp³-hybridized carbons (Fsp3) is 0.619. The molecule has 21 heavy (non-hydrogen) atoms. The van der Waals surface area contributed by atoms with Crippen LogP contribution in [0.25, 0.3) is 0 Å². The molecule has 0 unspecified atom stereocenters. The van der Waals surface area contributed by atoms with Crippen LogP contribution in [-0.2, 0) is 0 Å². The van der Waals surface area contributed by atoms with Crippen molar-refractivity contribution in [1.29, 1.82) is 0 Å². The molecular formula is C21H34. The Labute approximate surface area is 132 Å². The van der Waals surface area contributed by atoms with E-state index in [1.165, 1.54) is 83.5 Å². The molecule has 0 radical (unpaired) electrons. The minimum atomic E-state index is 1.23. The van der Waals surface area contributed by atoms with Crippen molar-refractivity contribution in [3.63, 3.8) is 0 Å². The lowest BCUT2D eigenvalue weighted by atomic mass is 10.0. The van der Waals surface area contributed by atoms with Crippen molar-refractivity contribution in [3.8, 4) is 0 Å². The molecule has 0 saturated carbocycles. The van der Waals surface area contributed by atoms with Crippen LogP contribution in [0.5, 0.6) is 0 Å². The maximum Gasteiger partial charge on any atom is -0.0348 e. The van der Waals surface area contributed by atoms with Crippen LogP contribution in [-0.4, -0.2) is 0 Å². The molecule has 1 aliphatic carbocycles. The smallest absolute Gasteiger partial charge is 0.0348 e. The van der Waals surface area contributed by atoms with Gasteiger partial charge in [0.2, 0.25) is 0 Å². The highest BCUT2D eigenvalue weighted by Gasteiger charge is 1.93. The van der Waals surface area contributed by atoms with E-state index < -0.39 is 0 Å². The number of hydrogen-bond donors (Lipinski definition) is 0. The van der Waals surface area contributed by atoms with Crippen LogP contribution in [0.3, 0.4) is 0 Å². The van der Waals surface area contributed by atoms with Crippen molar-refractivity contribution in [2.24, 2.45) is 0 Å². The SMILES string of the molecule is C1=CCCCCCCCCCCCCC\C=C/C=C\C=C\1. The highest BCUT2D eigenvalue weighted by atomic mass is 14.0. The summed E-state index contributed by atoms with van der Waals surface area (Å²) in [4.78, 5) is 0. The molecule has 0 heteroatoms. The van der Waals surface area contributed by atoms with Crippen LogP contribution in [0, 0.1) is 0 Å². The number of allylic oxidation sites excluding steroid dienone is 8. The van der Waals surface area contributed by atoms with Crippen LogP contribution >= 0.6 is 0 Å². The number of rotatable bonds is 0. The Morgan fingerprint density at radius 1 is 0.286 bits per heavy atom. The van der Waals surface area contributed by atoms with Gasteiger partial charge in [0, 0.05) is 0 Å². The van der Waals surface area contributed by atoms with Crippen LogP contribution in [0.1, 0.15) is 83.5 Å². The topological polar surface area (TPSA) is 0 Å². The van der Waals surface area contributed by atoms with E-state index in [-0.39, 0.29) is 0 Å². The van der Waals surface area contributed by atoms with Crippen molar-refractivity contribution in [3.05, 3.63) is 48.6 Å². The van der Waals surface area contributed by atoms with Crippen LogP contribution in [0.4, 0.5) is 0 Å². The highest BCUT2D eigenvalue weighted by Crippen LogP contribution is 2.12. The summed E-state index contributed by atoms with van der Waals surface area (Å²) >= 11 is 0. The molecule has 0 aromatic heterocycles. The van der Waals surface area contributed by atoms with Gasteiger partial charge in [0.05, 0.1) is 0 Å². The Morgan fingerprint density at radius 3 is 0.952 bits per heavy atom. The highest BCUT2D eigenvalue weighted by molar-refractivity contribution is 5.15. The summed E-state index contributed by atoms with van der Waals surface area (Å²) in [6.07, 6.45) is 35.5. The average Bonchev–Trinajstić information content (AvgIpc) is 2.50. The third-order valence-electron chi connectivity index (χ3n) is 4.07.